The second kappa shape index (κ2) is 4.98. The maximum Gasteiger partial charge on any atom is 0.0426 e. The van der Waals surface area contributed by atoms with E-state index in [4.69, 9.17) is 0 Å². The molecule has 0 aromatic heterocycles. The summed E-state index contributed by atoms with van der Waals surface area (Å²) in [6.07, 6.45) is 5.15. The molecular weight excluding hydrogens is 360 g/mol. The van der Waals surface area contributed by atoms with Crippen molar-refractivity contribution in [2.45, 2.75) is 53.5 Å². The Hall–Kier alpha value is 1.44. The van der Waals surface area contributed by atoms with Gasteiger partial charge in [-0.3, -0.25) is 0 Å². The van der Waals surface area contributed by atoms with Crippen LogP contribution in [0, 0.1) is 5.92 Å². The monoisotopic (exact) mass is 374 g/mol. The second-order valence-electron chi connectivity index (χ2n) is 4.05. The van der Waals surface area contributed by atoms with E-state index in [0.29, 0.717) is 14.0 Å². The lowest BCUT2D eigenvalue weighted by atomic mass is 9.79. The van der Waals surface area contributed by atoms with Crippen molar-refractivity contribution in [3.8, 4) is 0 Å². The smallest absolute Gasteiger partial charge is 0.0426 e. The fourth-order valence-corrected chi connectivity index (χ4v) is 5.03. The first-order valence-corrected chi connectivity index (χ1v) is 7.61. The fourth-order valence-electron chi connectivity index (χ4n) is 2.01. The van der Waals surface area contributed by atoms with Gasteiger partial charge in [0.05, 0.1) is 0 Å². The van der Waals surface area contributed by atoms with Crippen LogP contribution in [0.1, 0.15) is 39.5 Å². The zero-order chi connectivity index (χ0) is 10.1. The highest BCUT2D eigenvalue weighted by Crippen LogP contribution is 2.48. The molecule has 0 heterocycles. The molecule has 1 saturated carbocycles. The third kappa shape index (κ3) is 2.52. The third-order valence-corrected chi connectivity index (χ3v) is 8.68. The van der Waals surface area contributed by atoms with Gasteiger partial charge < -0.3 is 0 Å². The van der Waals surface area contributed by atoms with E-state index in [2.05, 4.69) is 61.6 Å². The summed E-state index contributed by atoms with van der Waals surface area (Å²) in [5.74, 6) is 0.734. The quantitative estimate of drug-likeness (QED) is 0.603. The standard InChI is InChI=1S/C10H17Br3/c1-3-7(2)10(13)6-4-5-8(11)9(10)12/h7-9H,3-6H2,1-2H3. The number of alkyl halides is 3. The molecule has 13 heavy (non-hydrogen) atoms. The number of rotatable bonds is 2. The average Bonchev–Trinajstić information content (AvgIpc) is 2.13. The van der Waals surface area contributed by atoms with E-state index in [-0.39, 0.29) is 0 Å². The predicted octanol–water partition coefficient (Wildman–Crippen LogP) is 4.88. The second-order valence-corrected chi connectivity index (χ2v) is 7.69. The van der Waals surface area contributed by atoms with Gasteiger partial charge in [-0.15, -0.1) is 0 Å². The van der Waals surface area contributed by atoms with Crippen LogP contribution in [-0.4, -0.2) is 14.0 Å². The Balaban J connectivity index is 2.74. The molecule has 0 N–H and O–H groups in total. The first kappa shape index (κ1) is 12.5. The van der Waals surface area contributed by atoms with Crippen LogP contribution in [-0.2, 0) is 0 Å². The van der Waals surface area contributed by atoms with Gasteiger partial charge in [-0.05, 0) is 18.8 Å². The van der Waals surface area contributed by atoms with E-state index in [1.165, 1.54) is 25.7 Å². The molecule has 1 aliphatic carbocycles. The van der Waals surface area contributed by atoms with Crippen LogP contribution in [0.3, 0.4) is 0 Å². The molecule has 0 bridgehead atoms. The molecule has 4 unspecified atom stereocenters. The van der Waals surface area contributed by atoms with E-state index in [9.17, 15) is 0 Å². The molecule has 78 valence electrons. The summed E-state index contributed by atoms with van der Waals surface area (Å²) in [5.41, 5.74) is 0. The van der Waals surface area contributed by atoms with Crippen molar-refractivity contribution in [1.82, 2.24) is 0 Å². The van der Waals surface area contributed by atoms with Crippen LogP contribution < -0.4 is 0 Å². The highest BCUT2D eigenvalue weighted by Gasteiger charge is 2.44. The van der Waals surface area contributed by atoms with Crippen molar-refractivity contribution in [2.24, 2.45) is 5.92 Å². The molecule has 4 atom stereocenters. The first-order chi connectivity index (χ1) is 6.02. The largest absolute Gasteiger partial charge is 0.0878 e. The SMILES string of the molecule is CCC(C)C1(Br)CCCC(Br)C1Br. The summed E-state index contributed by atoms with van der Waals surface area (Å²) >= 11 is 11.5. The molecule has 0 saturated heterocycles. The average molecular weight is 377 g/mol. The van der Waals surface area contributed by atoms with Gasteiger partial charge in [0.15, 0.2) is 0 Å². The minimum atomic E-state index is 0.300. The van der Waals surface area contributed by atoms with Gasteiger partial charge in [-0.2, -0.15) is 0 Å². The Bertz CT molecular complexity index is 172. The van der Waals surface area contributed by atoms with Gasteiger partial charge in [-0.1, -0.05) is 74.5 Å². The Labute approximate surface area is 107 Å². The fraction of sp³-hybridized carbons (Fsp3) is 1.00. The summed E-state index contributed by atoms with van der Waals surface area (Å²) in [5, 5.41) is 0. The van der Waals surface area contributed by atoms with E-state index in [1.807, 2.05) is 0 Å². The molecule has 0 aromatic carbocycles. The summed E-state index contributed by atoms with van der Waals surface area (Å²) < 4.78 is 0.300. The van der Waals surface area contributed by atoms with Crippen molar-refractivity contribution in [1.29, 1.82) is 0 Å². The molecule has 3 heteroatoms. The third-order valence-electron chi connectivity index (χ3n) is 3.25. The van der Waals surface area contributed by atoms with E-state index in [0.717, 1.165) is 5.92 Å². The van der Waals surface area contributed by atoms with Crippen LogP contribution in [0.25, 0.3) is 0 Å². The summed E-state index contributed by atoms with van der Waals surface area (Å²) in [4.78, 5) is 1.18. The minimum absolute atomic E-state index is 0.300. The number of halogens is 3. The molecular formula is C10H17Br3. The van der Waals surface area contributed by atoms with Crippen LogP contribution in [0.15, 0.2) is 0 Å². The zero-order valence-corrected chi connectivity index (χ0v) is 13.0. The van der Waals surface area contributed by atoms with E-state index < -0.39 is 0 Å². The van der Waals surface area contributed by atoms with Gasteiger partial charge >= 0.3 is 0 Å². The van der Waals surface area contributed by atoms with Crippen LogP contribution in [0.4, 0.5) is 0 Å². The molecule has 1 aliphatic rings. The summed E-state index contributed by atoms with van der Waals surface area (Å²) in [6.45, 7) is 4.61. The lowest BCUT2D eigenvalue weighted by molar-refractivity contribution is 0.324. The van der Waals surface area contributed by atoms with E-state index in [1.54, 1.807) is 0 Å². The van der Waals surface area contributed by atoms with Crippen LogP contribution in [0.5, 0.6) is 0 Å². The zero-order valence-electron chi connectivity index (χ0n) is 8.19. The Morgan fingerprint density at radius 1 is 1.46 bits per heavy atom. The Morgan fingerprint density at radius 2 is 2.08 bits per heavy atom. The lowest BCUT2D eigenvalue weighted by Gasteiger charge is -2.43. The molecule has 1 rings (SSSR count). The molecule has 0 nitrogen and oxygen atoms in total. The summed E-state index contributed by atoms with van der Waals surface area (Å²) in [6, 6.07) is 0. The predicted molar refractivity (Wildman–Crippen MR) is 70.4 cm³/mol. The van der Waals surface area contributed by atoms with Crippen LogP contribution >= 0.6 is 47.8 Å². The maximum atomic E-state index is 3.95. The number of hydrogen-bond acceptors (Lipinski definition) is 0. The van der Waals surface area contributed by atoms with Gasteiger partial charge in [0.1, 0.15) is 0 Å². The van der Waals surface area contributed by atoms with Gasteiger partial charge in [0.25, 0.3) is 0 Å². The van der Waals surface area contributed by atoms with Gasteiger partial charge in [-0.25, -0.2) is 0 Å². The Kier molecular flexibility index (Phi) is 4.79. The van der Waals surface area contributed by atoms with Gasteiger partial charge in [0.2, 0.25) is 0 Å². The van der Waals surface area contributed by atoms with Gasteiger partial charge in [0, 0.05) is 14.0 Å². The topological polar surface area (TPSA) is 0 Å². The van der Waals surface area contributed by atoms with E-state index >= 15 is 0 Å². The molecule has 0 spiro atoms. The molecule has 0 radical (unpaired) electrons. The number of hydrogen-bond donors (Lipinski definition) is 0. The Morgan fingerprint density at radius 3 is 2.62 bits per heavy atom. The minimum Gasteiger partial charge on any atom is -0.0878 e. The highest BCUT2D eigenvalue weighted by molar-refractivity contribution is 9.14. The van der Waals surface area contributed by atoms with Crippen molar-refractivity contribution in [3.63, 3.8) is 0 Å². The normalized spacial score (nSPS) is 43.2. The molecule has 0 aromatic rings. The first-order valence-electron chi connectivity index (χ1n) is 4.99. The van der Waals surface area contributed by atoms with Crippen molar-refractivity contribution in [3.05, 3.63) is 0 Å². The highest BCUT2D eigenvalue weighted by atomic mass is 79.9. The molecule has 0 amide bonds. The maximum absolute atomic E-state index is 3.95. The van der Waals surface area contributed by atoms with Crippen molar-refractivity contribution >= 4 is 47.8 Å². The van der Waals surface area contributed by atoms with Crippen LogP contribution in [0.2, 0.25) is 0 Å². The lowest BCUT2D eigenvalue weighted by Crippen LogP contribution is -2.46. The van der Waals surface area contributed by atoms with Crippen molar-refractivity contribution < 1.29 is 0 Å². The van der Waals surface area contributed by atoms with Crippen molar-refractivity contribution in [2.75, 3.05) is 0 Å². The molecule has 1 fully saturated rings. The summed E-state index contributed by atoms with van der Waals surface area (Å²) in [7, 11) is 0. The molecule has 0 aliphatic heterocycles.